The van der Waals surface area contributed by atoms with Crippen molar-refractivity contribution >= 4 is 0 Å². The Kier molecular flexibility index (Phi) is 5.13. The van der Waals surface area contributed by atoms with E-state index in [1.807, 2.05) is 19.1 Å². The highest BCUT2D eigenvalue weighted by molar-refractivity contribution is 5.26. The Morgan fingerprint density at radius 1 is 1.21 bits per heavy atom. The molecule has 106 valence electrons. The Morgan fingerprint density at radius 2 is 1.89 bits per heavy atom. The lowest BCUT2D eigenvalue weighted by atomic mass is 10.2. The number of aryl methyl sites for hydroxylation is 1. The summed E-state index contributed by atoms with van der Waals surface area (Å²) in [6.07, 6.45) is 0. The third-order valence-corrected chi connectivity index (χ3v) is 3.51. The Morgan fingerprint density at radius 3 is 2.53 bits per heavy atom. The van der Waals surface area contributed by atoms with Crippen LogP contribution in [0.4, 0.5) is 0 Å². The number of nitrogens with two attached hydrogens (primary N) is 1. The Balaban J connectivity index is 1.90. The van der Waals surface area contributed by atoms with Gasteiger partial charge in [0, 0.05) is 63.6 Å². The molecule has 0 bridgehead atoms. The number of methoxy groups -OCH3 is 1. The van der Waals surface area contributed by atoms with Crippen LogP contribution in [0.15, 0.2) is 12.1 Å². The summed E-state index contributed by atoms with van der Waals surface area (Å²) in [7, 11) is 1.70. The maximum atomic E-state index is 5.59. The van der Waals surface area contributed by atoms with Crippen molar-refractivity contribution in [3.8, 4) is 5.75 Å². The predicted octanol–water partition coefficient (Wildman–Crippen LogP) is 0.475. The fourth-order valence-corrected chi connectivity index (χ4v) is 2.48. The van der Waals surface area contributed by atoms with E-state index in [4.69, 9.17) is 10.5 Å². The van der Waals surface area contributed by atoms with E-state index in [-0.39, 0.29) is 0 Å². The number of ether oxygens (including phenoxy) is 1. The lowest BCUT2D eigenvalue weighted by molar-refractivity contribution is 0.128. The van der Waals surface area contributed by atoms with E-state index in [2.05, 4.69) is 14.8 Å². The van der Waals surface area contributed by atoms with Crippen molar-refractivity contribution in [1.82, 2.24) is 14.8 Å². The summed E-state index contributed by atoms with van der Waals surface area (Å²) in [5.74, 6) is 0.893. The zero-order chi connectivity index (χ0) is 13.7. The summed E-state index contributed by atoms with van der Waals surface area (Å²) < 4.78 is 5.29. The molecule has 0 aliphatic carbocycles. The van der Waals surface area contributed by atoms with Crippen LogP contribution in [-0.4, -0.2) is 61.2 Å². The van der Waals surface area contributed by atoms with Gasteiger partial charge in [0.05, 0.1) is 12.8 Å². The number of rotatable bonds is 5. The molecule has 0 amide bonds. The standard InChI is InChI=1S/C14H24N4O/c1-12-9-14(19-2)10-13(16-12)11-18-7-5-17(4-3-15)6-8-18/h9-10H,3-8,11,15H2,1-2H3. The van der Waals surface area contributed by atoms with Crippen LogP contribution in [-0.2, 0) is 6.54 Å². The number of piperazine rings is 1. The predicted molar refractivity (Wildman–Crippen MR) is 76.3 cm³/mol. The first-order valence-corrected chi connectivity index (χ1v) is 6.87. The molecule has 0 unspecified atom stereocenters. The Hall–Kier alpha value is -1.17. The molecule has 1 aromatic heterocycles. The normalized spacial score (nSPS) is 17.6. The Labute approximate surface area is 115 Å². The molecule has 1 aliphatic heterocycles. The van der Waals surface area contributed by atoms with Gasteiger partial charge in [-0.1, -0.05) is 0 Å². The largest absolute Gasteiger partial charge is 0.497 e. The SMILES string of the molecule is COc1cc(C)nc(CN2CCN(CCN)CC2)c1. The number of hydrogen-bond donors (Lipinski definition) is 1. The van der Waals surface area contributed by atoms with E-state index in [1.54, 1.807) is 7.11 Å². The first kappa shape index (κ1) is 14.2. The molecular weight excluding hydrogens is 240 g/mol. The maximum Gasteiger partial charge on any atom is 0.122 e. The smallest absolute Gasteiger partial charge is 0.122 e. The van der Waals surface area contributed by atoms with E-state index in [9.17, 15) is 0 Å². The van der Waals surface area contributed by atoms with Gasteiger partial charge in [0.15, 0.2) is 0 Å². The number of aromatic nitrogens is 1. The summed E-state index contributed by atoms with van der Waals surface area (Å²) in [4.78, 5) is 9.43. The summed E-state index contributed by atoms with van der Waals surface area (Å²) in [6.45, 7) is 9.01. The van der Waals surface area contributed by atoms with Crippen LogP contribution in [0.25, 0.3) is 0 Å². The molecule has 2 heterocycles. The summed E-state index contributed by atoms with van der Waals surface area (Å²) in [6, 6.07) is 3.99. The molecule has 5 nitrogen and oxygen atoms in total. The number of hydrogen-bond acceptors (Lipinski definition) is 5. The van der Waals surface area contributed by atoms with Crippen LogP contribution in [0.2, 0.25) is 0 Å². The lowest BCUT2D eigenvalue weighted by Gasteiger charge is -2.34. The monoisotopic (exact) mass is 264 g/mol. The molecule has 2 N–H and O–H groups in total. The molecule has 5 heteroatoms. The van der Waals surface area contributed by atoms with E-state index in [1.165, 1.54) is 0 Å². The molecule has 1 aliphatic rings. The highest BCUT2D eigenvalue weighted by atomic mass is 16.5. The average Bonchev–Trinajstić information content (AvgIpc) is 2.40. The van der Waals surface area contributed by atoms with Crippen molar-refractivity contribution in [2.75, 3.05) is 46.4 Å². The van der Waals surface area contributed by atoms with Crippen molar-refractivity contribution in [2.45, 2.75) is 13.5 Å². The average molecular weight is 264 g/mol. The minimum absolute atomic E-state index is 0.747. The fourth-order valence-electron chi connectivity index (χ4n) is 2.48. The van der Waals surface area contributed by atoms with Gasteiger partial charge in [0.2, 0.25) is 0 Å². The van der Waals surface area contributed by atoms with Gasteiger partial charge in [-0.15, -0.1) is 0 Å². The molecule has 0 aromatic carbocycles. The topological polar surface area (TPSA) is 54.6 Å². The molecule has 0 atom stereocenters. The summed E-state index contributed by atoms with van der Waals surface area (Å²) in [5, 5.41) is 0. The third-order valence-electron chi connectivity index (χ3n) is 3.51. The van der Waals surface area contributed by atoms with Crippen LogP contribution in [0.3, 0.4) is 0 Å². The van der Waals surface area contributed by atoms with Crippen LogP contribution in [0, 0.1) is 6.92 Å². The molecule has 1 saturated heterocycles. The van der Waals surface area contributed by atoms with E-state index in [0.29, 0.717) is 0 Å². The Bertz CT molecular complexity index is 402. The van der Waals surface area contributed by atoms with Crippen molar-refractivity contribution in [2.24, 2.45) is 5.73 Å². The number of nitrogens with zero attached hydrogens (tertiary/aromatic N) is 3. The third kappa shape index (κ3) is 4.16. The lowest BCUT2D eigenvalue weighted by Crippen LogP contribution is -2.47. The van der Waals surface area contributed by atoms with Gasteiger partial charge in [0.1, 0.15) is 5.75 Å². The molecular formula is C14H24N4O. The van der Waals surface area contributed by atoms with Gasteiger partial charge in [0.25, 0.3) is 0 Å². The molecule has 1 fully saturated rings. The van der Waals surface area contributed by atoms with Crippen molar-refractivity contribution < 1.29 is 4.74 Å². The van der Waals surface area contributed by atoms with Gasteiger partial charge in [-0.2, -0.15) is 0 Å². The fraction of sp³-hybridized carbons (Fsp3) is 0.643. The van der Waals surface area contributed by atoms with E-state index < -0.39 is 0 Å². The van der Waals surface area contributed by atoms with Crippen LogP contribution >= 0.6 is 0 Å². The second kappa shape index (κ2) is 6.84. The summed E-state index contributed by atoms with van der Waals surface area (Å²) in [5.41, 5.74) is 7.68. The quantitative estimate of drug-likeness (QED) is 0.838. The minimum atomic E-state index is 0.747. The van der Waals surface area contributed by atoms with Gasteiger partial charge < -0.3 is 10.5 Å². The molecule has 0 radical (unpaired) electrons. The highest BCUT2D eigenvalue weighted by Crippen LogP contribution is 2.15. The molecule has 19 heavy (non-hydrogen) atoms. The van der Waals surface area contributed by atoms with Gasteiger partial charge in [-0.05, 0) is 6.92 Å². The van der Waals surface area contributed by atoms with E-state index >= 15 is 0 Å². The van der Waals surface area contributed by atoms with Gasteiger partial charge in [-0.3, -0.25) is 14.8 Å². The second-order valence-electron chi connectivity index (χ2n) is 5.05. The zero-order valence-corrected chi connectivity index (χ0v) is 11.9. The first-order chi connectivity index (χ1) is 9.21. The van der Waals surface area contributed by atoms with Crippen LogP contribution in [0.5, 0.6) is 5.75 Å². The molecule has 1 aromatic rings. The van der Waals surface area contributed by atoms with E-state index in [0.717, 1.165) is 63.0 Å². The van der Waals surface area contributed by atoms with Gasteiger partial charge in [-0.25, -0.2) is 0 Å². The van der Waals surface area contributed by atoms with Crippen LogP contribution in [0.1, 0.15) is 11.4 Å². The van der Waals surface area contributed by atoms with Crippen molar-refractivity contribution in [1.29, 1.82) is 0 Å². The maximum absolute atomic E-state index is 5.59. The minimum Gasteiger partial charge on any atom is -0.497 e. The number of pyridine rings is 1. The van der Waals surface area contributed by atoms with Crippen molar-refractivity contribution in [3.63, 3.8) is 0 Å². The molecule has 2 rings (SSSR count). The van der Waals surface area contributed by atoms with Crippen LogP contribution < -0.4 is 10.5 Å². The zero-order valence-electron chi connectivity index (χ0n) is 11.9. The van der Waals surface area contributed by atoms with Crippen molar-refractivity contribution in [3.05, 3.63) is 23.5 Å². The van der Waals surface area contributed by atoms with Gasteiger partial charge >= 0.3 is 0 Å². The molecule has 0 saturated carbocycles. The second-order valence-corrected chi connectivity index (χ2v) is 5.05. The first-order valence-electron chi connectivity index (χ1n) is 6.87. The molecule has 0 spiro atoms. The summed E-state index contributed by atoms with van der Waals surface area (Å²) >= 11 is 0. The highest BCUT2D eigenvalue weighted by Gasteiger charge is 2.16.